The molecule has 1 atom stereocenters. The lowest BCUT2D eigenvalue weighted by molar-refractivity contribution is -0.135. The average molecular weight is 318 g/mol. The Labute approximate surface area is 136 Å². The summed E-state index contributed by atoms with van der Waals surface area (Å²) in [5.41, 5.74) is 0.787. The number of aromatic nitrogens is 2. The van der Waals surface area contributed by atoms with Crippen LogP contribution in [0.15, 0.2) is 43.0 Å². The maximum atomic E-state index is 13.4. The third-order valence-corrected chi connectivity index (χ3v) is 3.72. The van der Waals surface area contributed by atoms with Gasteiger partial charge < -0.3 is 14.4 Å². The Balaban J connectivity index is 2.14. The maximum Gasteiger partial charge on any atom is 0.245 e. The first kappa shape index (κ1) is 17.1. The number of amides is 1. The third kappa shape index (κ3) is 4.89. The molecule has 2 rings (SSSR count). The normalized spacial score (nSPS) is 12.4. The van der Waals surface area contributed by atoms with E-state index in [1.165, 1.54) is 12.1 Å². The molecule has 5 nitrogen and oxygen atoms in total. The number of imidazole rings is 1. The highest BCUT2D eigenvalue weighted by Gasteiger charge is 2.22. The van der Waals surface area contributed by atoms with Crippen LogP contribution in [-0.4, -0.2) is 52.4 Å². The van der Waals surface area contributed by atoms with Crippen molar-refractivity contribution >= 4 is 5.91 Å². The maximum absolute atomic E-state index is 13.4. The van der Waals surface area contributed by atoms with E-state index in [2.05, 4.69) is 4.98 Å². The van der Waals surface area contributed by atoms with Crippen molar-refractivity contribution in [3.05, 3.63) is 54.4 Å². The van der Waals surface area contributed by atoms with Crippen molar-refractivity contribution in [2.24, 2.45) is 0 Å². The zero-order valence-corrected chi connectivity index (χ0v) is 13.8. The predicted octanol–water partition coefficient (Wildman–Crippen LogP) is 2.17. The number of hydrogen-bond acceptors (Lipinski definition) is 3. The Hall–Kier alpha value is -2.21. The molecule has 0 N–H and O–H groups in total. The Bertz CT molecular complexity index is 627. The van der Waals surface area contributed by atoms with Gasteiger partial charge >= 0.3 is 0 Å². The first-order chi connectivity index (χ1) is 11.0. The summed E-state index contributed by atoms with van der Waals surface area (Å²) < 4.78 is 15.2. The summed E-state index contributed by atoms with van der Waals surface area (Å²) in [5.74, 6) is -0.292. The molecule has 0 aliphatic carbocycles. The summed E-state index contributed by atoms with van der Waals surface area (Å²) in [6.45, 7) is 3.57. The van der Waals surface area contributed by atoms with E-state index in [-0.39, 0.29) is 17.8 Å². The highest BCUT2D eigenvalue weighted by Crippen LogP contribution is 2.14. The minimum atomic E-state index is -0.340. The SMILES string of the molecule is C[C@@H](C(=O)N(CCN(C)C)Cc1cccc(F)c1)n1ccnc1. The third-order valence-electron chi connectivity index (χ3n) is 3.72. The molecule has 23 heavy (non-hydrogen) atoms. The molecule has 6 heteroatoms. The summed E-state index contributed by atoms with van der Waals surface area (Å²) >= 11 is 0. The standard InChI is InChI=1S/C17H23FN4O/c1-14(22-8-7-19-13-22)17(23)21(10-9-20(2)3)12-15-5-4-6-16(18)11-15/h4-8,11,13-14H,9-10,12H2,1-3H3/t14-/m0/s1. The zero-order valence-electron chi connectivity index (χ0n) is 13.8. The Morgan fingerprint density at radius 3 is 2.74 bits per heavy atom. The van der Waals surface area contributed by atoms with E-state index in [1.54, 1.807) is 34.3 Å². The van der Waals surface area contributed by atoms with Gasteiger partial charge in [-0.1, -0.05) is 12.1 Å². The Morgan fingerprint density at radius 1 is 1.35 bits per heavy atom. The average Bonchev–Trinajstić information content (AvgIpc) is 3.04. The predicted molar refractivity (Wildman–Crippen MR) is 87.3 cm³/mol. The molecule has 2 aromatic rings. The highest BCUT2D eigenvalue weighted by molar-refractivity contribution is 5.80. The number of hydrogen-bond donors (Lipinski definition) is 0. The van der Waals surface area contributed by atoms with Gasteiger partial charge in [-0.25, -0.2) is 9.37 Å². The fraction of sp³-hybridized carbons (Fsp3) is 0.412. The van der Waals surface area contributed by atoms with Crippen molar-refractivity contribution < 1.29 is 9.18 Å². The van der Waals surface area contributed by atoms with Crippen LogP contribution in [0.5, 0.6) is 0 Å². The van der Waals surface area contributed by atoms with Crippen LogP contribution in [0.1, 0.15) is 18.5 Å². The van der Waals surface area contributed by atoms with Crippen LogP contribution in [0, 0.1) is 5.82 Å². The van der Waals surface area contributed by atoms with Crippen molar-refractivity contribution in [3.8, 4) is 0 Å². The van der Waals surface area contributed by atoms with Crippen molar-refractivity contribution in [1.29, 1.82) is 0 Å². The second-order valence-corrected chi connectivity index (χ2v) is 5.88. The van der Waals surface area contributed by atoms with Crippen LogP contribution in [0.2, 0.25) is 0 Å². The first-order valence-corrected chi connectivity index (χ1v) is 7.63. The van der Waals surface area contributed by atoms with E-state index in [0.717, 1.165) is 12.1 Å². The number of halogens is 1. The number of benzene rings is 1. The summed E-state index contributed by atoms with van der Waals surface area (Å²) in [5, 5.41) is 0. The lowest BCUT2D eigenvalue weighted by atomic mass is 10.2. The second kappa shape index (κ2) is 7.87. The van der Waals surface area contributed by atoms with Crippen LogP contribution in [0.25, 0.3) is 0 Å². The van der Waals surface area contributed by atoms with Gasteiger partial charge in [0.1, 0.15) is 11.9 Å². The molecule has 1 aromatic heterocycles. The molecular formula is C17H23FN4O. The second-order valence-electron chi connectivity index (χ2n) is 5.88. The molecule has 0 saturated heterocycles. The zero-order chi connectivity index (χ0) is 16.8. The van der Waals surface area contributed by atoms with E-state index in [4.69, 9.17) is 0 Å². The summed E-state index contributed by atoms with van der Waals surface area (Å²) in [6, 6.07) is 6.04. The molecule has 0 unspecified atom stereocenters. The van der Waals surface area contributed by atoms with E-state index in [1.807, 2.05) is 32.0 Å². The van der Waals surface area contributed by atoms with E-state index >= 15 is 0 Å². The number of carbonyl (C=O) groups excluding carboxylic acids is 1. The molecule has 0 aliphatic heterocycles. The van der Waals surface area contributed by atoms with E-state index in [9.17, 15) is 9.18 Å². The van der Waals surface area contributed by atoms with Crippen molar-refractivity contribution in [2.75, 3.05) is 27.2 Å². The topological polar surface area (TPSA) is 41.4 Å². The molecule has 0 bridgehead atoms. The molecule has 0 radical (unpaired) electrons. The largest absolute Gasteiger partial charge is 0.335 e. The van der Waals surface area contributed by atoms with Crippen LogP contribution in [0.4, 0.5) is 4.39 Å². The van der Waals surface area contributed by atoms with Gasteiger partial charge in [0.2, 0.25) is 5.91 Å². The lowest BCUT2D eigenvalue weighted by Crippen LogP contribution is -2.39. The minimum Gasteiger partial charge on any atom is -0.335 e. The smallest absolute Gasteiger partial charge is 0.245 e. The molecule has 1 heterocycles. The van der Waals surface area contributed by atoms with Crippen molar-refractivity contribution in [3.63, 3.8) is 0 Å². The van der Waals surface area contributed by atoms with Gasteiger partial charge in [-0.05, 0) is 38.7 Å². The lowest BCUT2D eigenvalue weighted by Gasteiger charge is -2.27. The summed E-state index contributed by atoms with van der Waals surface area (Å²) in [7, 11) is 3.92. The molecule has 0 saturated carbocycles. The van der Waals surface area contributed by atoms with Crippen molar-refractivity contribution in [2.45, 2.75) is 19.5 Å². The van der Waals surface area contributed by atoms with E-state index < -0.39 is 0 Å². The molecule has 1 aromatic carbocycles. The molecule has 0 spiro atoms. The molecule has 124 valence electrons. The van der Waals surface area contributed by atoms with Gasteiger partial charge in [-0.15, -0.1) is 0 Å². The Morgan fingerprint density at radius 2 is 2.13 bits per heavy atom. The first-order valence-electron chi connectivity index (χ1n) is 7.63. The van der Waals surface area contributed by atoms with Crippen molar-refractivity contribution in [1.82, 2.24) is 19.4 Å². The van der Waals surface area contributed by atoms with Gasteiger partial charge in [0.15, 0.2) is 0 Å². The summed E-state index contributed by atoms with van der Waals surface area (Å²) in [4.78, 5) is 20.6. The minimum absolute atomic E-state index is 0.00545. The van der Waals surface area contributed by atoms with Gasteiger partial charge in [-0.3, -0.25) is 4.79 Å². The van der Waals surface area contributed by atoms with Gasteiger partial charge in [0.05, 0.1) is 6.33 Å². The van der Waals surface area contributed by atoms with Crippen LogP contribution in [0.3, 0.4) is 0 Å². The number of carbonyl (C=O) groups is 1. The monoisotopic (exact) mass is 318 g/mol. The number of rotatable bonds is 7. The van der Waals surface area contributed by atoms with Gasteiger partial charge in [0.25, 0.3) is 0 Å². The van der Waals surface area contributed by atoms with Gasteiger partial charge in [-0.2, -0.15) is 0 Å². The number of likely N-dealkylation sites (N-methyl/N-ethyl adjacent to an activating group) is 1. The van der Waals surface area contributed by atoms with Crippen LogP contribution < -0.4 is 0 Å². The van der Waals surface area contributed by atoms with Crippen LogP contribution in [-0.2, 0) is 11.3 Å². The fourth-order valence-corrected chi connectivity index (χ4v) is 2.33. The quantitative estimate of drug-likeness (QED) is 0.786. The van der Waals surface area contributed by atoms with Crippen LogP contribution >= 0.6 is 0 Å². The number of nitrogens with zero attached hydrogens (tertiary/aromatic N) is 4. The van der Waals surface area contributed by atoms with E-state index in [0.29, 0.717) is 13.1 Å². The highest BCUT2D eigenvalue weighted by atomic mass is 19.1. The fourth-order valence-electron chi connectivity index (χ4n) is 2.33. The molecular weight excluding hydrogens is 295 g/mol. The molecule has 0 fully saturated rings. The Kier molecular flexibility index (Phi) is 5.87. The van der Waals surface area contributed by atoms with Gasteiger partial charge in [0, 0.05) is 32.0 Å². The molecule has 0 aliphatic rings. The molecule has 1 amide bonds. The summed E-state index contributed by atoms with van der Waals surface area (Å²) in [6.07, 6.45) is 5.06.